The van der Waals surface area contributed by atoms with Gasteiger partial charge in [0.15, 0.2) is 0 Å². The van der Waals surface area contributed by atoms with Gasteiger partial charge in [0.05, 0.1) is 6.10 Å². The number of nitrogen functional groups attached to an aromatic ring is 1. The van der Waals surface area contributed by atoms with Crippen molar-refractivity contribution in [2.24, 2.45) is 0 Å². The molecular weight excluding hydrogens is 290 g/mol. The average Bonchev–Trinajstić information content (AvgIpc) is 3.07. The standard InChI is InChI=1S/C14H19N3O3S/c1-17(9-11-3-2-6-20-11)21(18,19)14-8-16-13-5-4-10(15)7-12(13)14/h4-5,7-8,11,16H,2-3,6,9,15H2,1H3. The van der Waals surface area contributed by atoms with E-state index in [2.05, 4.69) is 4.98 Å². The van der Waals surface area contributed by atoms with E-state index in [9.17, 15) is 8.42 Å². The smallest absolute Gasteiger partial charge is 0.245 e. The molecule has 0 saturated carbocycles. The summed E-state index contributed by atoms with van der Waals surface area (Å²) in [4.78, 5) is 3.23. The third-order valence-corrected chi connectivity index (χ3v) is 5.70. The molecule has 0 spiro atoms. The Morgan fingerprint density at radius 2 is 2.29 bits per heavy atom. The first-order valence-electron chi connectivity index (χ1n) is 6.93. The van der Waals surface area contributed by atoms with Crippen LogP contribution in [0.2, 0.25) is 0 Å². The molecule has 0 amide bonds. The van der Waals surface area contributed by atoms with Crippen LogP contribution in [0.1, 0.15) is 12.8 Å². The lowest BCUT2D eigenvalue weighted by atomic mass is 10.2. The molecule has 1 aromatic heterocycles. The molecule has 114 valence electrons. The summed E-state index contributed by atoms with van der Waals surface area (Å²) in [6.07, 6.45) is 3.40. The summed E-state index contributed by atoms with van der Waals surface area (Å²) in [5.74, 6) is 0. The van der Waals surface area contributed by atoms with Crippen LogP contribution >= 0.6 is 0 Å². The molecule has 2 heterocycles. The van der Waals surface area contributed by atoms with Gasteiger partial charge in [-0.1, -0.05) is 0 Å². The summed E-state index contributed by atoms with van der Waals surface area (Å²) >= 11 is 0. The van der Waals surface area contributed by atoms with Crippen molar-refractivity contribution >= 4 is 26.6 Å². The number of likely N-dealkylation sites (N-methyl/N-ethyl adjacent to an activating group) is 1. The lowest BCUT2D eigenvalue weighted by Gasteiger charge is -2.20. The van der Waals surface area contributed by atoms with E-state index >= 15 is 0 Å². The van der Waals surface area contributed by atoms with Crippen LogP contribution in [0.5, 0.6) is 0 Å². The molecule has 1 aromatic carbocycles. The summed E-state index contributed by atoms with van der Waals surface area (Å²) in [6.45, 7) is 1.08. The van der Waals surface area contributed by atoms with Crippen molar-refractivity contribution in [3.63, 3.8) is 0 Å². The minimum atomic E-state index is -3.56. The molecule has 0 aliphatic carbocycles. The number of aromatic amines is 1. The lowest BCUT2D eigenvalue weighted by Crippen LogP contribution is -2.34. The molecule has 1 saturated heterocycles. The summed E-state index contributed by atoms with van der Waals surface area (Å²) in [6, 6.07) is 5.20. The Hall–Kier alpha value is -1.57. The van der Waals surface area contributed by atoms with Crippen LogP contribution in [0.4, 0.5) is 5.69 Å². The second-order valence-corrected chi connectivity index (χ2v) is 7.39. The second kappa shape index (κ2) is 5.32. The number of rotatable bonds is 4. The Balaban J connectivity index is 1.93. The molecular formula is C14H19N3O3S. The van der Waals surface area contributed by atoms with E-state index in [4.69, 9.17) is 10.5 Å². The largest absolute Gasteiger partial charge is 0.399 e. The highest BCUT2D eigenvalue weighted by molar-refractivity contribution is 7.89. The Kier molecular flexibility index (Phi) is 3.64. The molecule has 2 aromatic rings. The van der Waals surface area contributed by atoms with Gasteiger partial charge < -0.3 is 15.5 Å². The fourth-order valence-corrected chi connectivity index (χ4v) is 4.02. The van der Waals surface area contributed by atoms with Gasteiger partial charge in [-0.15, -0.1) is 0 Å². The number of aromatic nitrogens is 1. The number of fused-ring (bicyclic) bond motifs is 1. The number of nitrogens with two attached hydrogens (primary N) is 1. The maximum Gasteiger partial charge on any atom is 0.245 e. The average molecular weight is 309 g/mol. The number of hydrogen-bond donors (Lipinski definition) is 2. The summed E-state index contributed by atoms with van der Waals surface area (Å²) in [5, 5.41) is 0.620. The van der Waals surface area contributed by atoms with Crippen molar-refractivity contribution in [3.8, 4) is 0 Å². The molecule has 3 rings (SSSR count). The van der Waals surface area contributed by atoms with E-state index < -0.39 is 10.0 Å². The summed E-state index contributed by atoms with van der Waals surface area (Å²) in [7, 11) is -1.97. The predicted octanol–water partition coefficient (Wildman–Crippen LogP) is 1.55. The van der Waals surface area contributed by atoms with Crippen molar-refractivity contribution in [2.45, 2.75) is 23.8 Å². The fraction of sp³-hybridized carbons (Fsp3) is 0.429. The first-order chi connectivity index (χ1) is 9.98. The van der Waals surface area contributed by atoms with Gasteiger partial charge in [0.25, 0.3) is 0 Å². The van der Waals surface area contributed by atoms with Gasteiger partial charge in [-0.2, -0.15) is 4.31 Å². The van der Waals surface area contributed by atoms with Gasteiger partial charge in [0.2, 0.25) is 10.0 Å². The molecule has 1 atom stereocenters. The minimum Gasteiger partial charge on any atom is -0.399 e. The molecule has 6 nitrogen and oxygen atoms in total. The maximum absolute atomic E-state index is 12.7. The van der Waals surface area contributed by atoms with Crippen molar-refractivity contribution in [3.05, 3.63) is 24.4 Å². The maximum atomic E-state index is 12.7. The molecule has 1 aliphatic rings. The van der Waals surface area contributed by atoms with Crippen LogP contribution in [0, 0.1) is 0 Å². The van der Waals surface area contributed by atoms with E-state index in [0.717, 1.165) is 18.4 Å². The van der Waals surface area contributed by atoms with Crippen molar-refractivity contribution in [1.29, 1.82) is 0 Å². The van der Waals surface area contributed by atoms with E-state index in [0.29, 0.717) is 24.2 Å². The Morgan fingerprint density at radius 3 is 3.00 bits per heavy atom. The predicted molar refractivity (Wildman–Crippen MR) is 81.5 cm³/mol. The number of ether oxygens (including phenoxy) is 1. The molecule has 1 unspecified atom stereocenters. The third kappa shape index (κ3) is 2.64. The number of nitrogens with one attached hydrogen (secondary N) is 1. The van der Waals surface area contributed by atoms with Crippen LogP contribution in [0.3, 0.4) is 0 Å². The van der Waals surface area contributed by atoms with Crippen molar-refractivity contribution < 1.29 is 13.2 Å². The van der Waals surface area contributed by atoms with Gasteiger partial charge in [0.1, 0.15) is 4.90 Å². The van der Waals surface area contributed by atoms with Gasteiger partial charge in [-0.25, -0.2) is 8.42 Å². The fourth-order valence-electron chi connectivity index (χ4n) is 2.67. The number of benzene rings is 1. The SMILES string of the molecule is CN(CC1CCCO1)S(=O)(=O)c1c[nH]c2ccc(N)cc12. The second-order valence-electron chi connectivity index (χ2n) is 5.38. The molecule has 3 N–H and O–H groups in total. The zero-order valence-corrected chi connectivity index (χ0v) is 12.7. The zero-order chi connectivity index (χ0) is 15.0. The number of hydrogen-bond acceptors (Lipinski definition) is 4. The first-order valence-corrected chi connectivity index (χ1v) is 8.37. The van der Waals surface area contributed by atoms with Crippen LogP contribution in [-0.2, 0) is 14.8 Å². The van der Waals surface area contributed by atoms with Crippen LogP contribution in [0.15, 0.2) is 29.3 Å². The van der Waals surface area contributed by atoms with E-state index in [1.165, 1.54) is 10.5 Å². The molecule has 7 heteroatoms. The molecule has 0 radical (unpaired) electrons. The van der Waals surface area contributed by atoms with Crippen molar-refractivity contribution in [2.75, 3.05) is 25.9 Å². The molecule has 1 fully saturated rings. The van der Waals surface area contributed by atoms with E-state index in [-0.39, 0.29) is 11.0 Å². The number of anilines is 1. The quantitative estimate of drug-likeness (QED) is 0.839. The van der Waals surface area contributed by atoms with E-state index in [1.807, 2.05) is 0 Å². The Morgan fingerprint density at radius 1 is 1.48 bits per heavy atom. The first kappa shape index (κ1) is 14.4. The van der Waals surface area contributed by atoms with Gasteiger partial charge in [-0.05, 0) is 31.0 Å². The van der Waals surface area contributed by atoms with Crippen LogP contribution < -0.4 is 5.73 Å². The summed E-state index contributed by atoms with van der Waals surface area (Å²) in [5.41, 5.74) is 7.06. The number of H-pyrrole nitrogens is 1. The third-order valence-electron chi connectivity index (χ3n) is 3.84. The van der Waals surface area contributed by atoms with Gasteiger partial charge in [0, 0.05) is 43.0 Å². The highest BCUT2D eigenvalue weighted by atomic mass is 32.2. The Labute approximate surface area is 123 Å². The van der Waals surface area contributed by atoms with Crippen molar-refractivity contribution in [1.82, 2.24) is 9.29 Å². The Bertz CT molecular complexity index is 748. The lowest BCUT2D eigenvalue weighted by molar-refractivity contribution is 0.0979. The summed E-state index contributed by atoms with van der Waals surface area (Å²) < 4.78 is 32.3. The monoisotopic (exact) mass is 309 g/mol. The number of nitrogens with zero attached hydrogens (tertiary/aromatic N) is 1. The minimum absolute atomic E-state index is 0.0138. The van der Waals surface area contributed by atoms with Crippen LogP contribution in [-0.4, -0.2) is 44.0 Å². The highest BCUT2D eigenvalue weighted by Gasteiger charge is 2.28. The molecule has 1 aliphatic heterocycles. The molecule has 21 heavy (non-hydrogen) atoms. The molecule has 0 bridgehead atoms. The highest BCUT2D eigenvalue weighted by Crippen LogP contribution is 2.27. The van der Waals surface area contributed by atoms with Gasteiger partial charge >= 0.3 is 0 Å². The number of sulfonamides is 1. The van der Waals surface area contributed by atoms with Gasteiger partial charge in [-0.3, -0.25) is 0 Å². The van der Waals surface area contributed by atoms with Crippen LogP contribution in [0.25, 0.3) is 10.9 Å². The topological polar surface area (TPSA) is 88.4 Å². The van der Waals surface area contributed by atoms with E-state index in [1.54, 1.807) is 25.2 Å². The normalized spacial score (nSPS) is 19.6. The zero-order valence-electron chi connectivity index (χ0n) is 11.9.